The van der Waals surface area contributed by atoms with Crippen LogP contribution in [0.25, 0.3) is 0 Å². The van der Waals surface area contributed by atoms with Crippen molar-refractivity contribution in [3.8, 4) is 0 Å². The third-order valence-corrected chi connectivity index (χ3v) is 4.12. The number of nitrogens with zero attached hydrogens (tertiary/aromatic N) is 2. The van der Waals surface area contributed by atoms with E-state index in [4.69, 9.17) is 5.11 Å². The van der Waals surface area contributed by atoms with Crippen molar-refractivity contribution in [2.24, 2.45) is 0 Å². The molecule has 1 heterocycles. The van der Waals surface area contributed by atoms with Crippen molar-refractivity contribution < 1.29 is 23.5 Å². The molecule has 1 saturated heterocycles. The minimum atomic E-state index is -0.874. The van der Waals surface area contributed by atoms with Crippen molar-refractivity contribution in [1.29, 1.82) is 0 Å². The minimum Gasteiger partial charge on any atom is -0.480 e. The van der Waals surface area contributed by atoms with E-state index in [9.17, 15) is 18.4 Å². The highest BCUT2D eigenvalue weighted by Crippen LogP contribution is 2.19. The van der Waals surface area contributed by atoms with Crippen LogP contribution in [-0.2, 0) is 4.79 Å². The van der Waals surface area contributed by atoms with Gasteiger partial charge in [-0.2, -0.15) is 0 Å². The lowest BCUT2D eigenvalue weighted by molar-refractivity contribution is -0.139. The molecular formula is C16H20F2N2O3. The molecular weight excluding hydrogens is 306 g/mol. The topological polar surface area (TPSA) is 60.9 Å². The Balaban J connectivity index is 1.98. The first-order valence-corrected chi connectivity index (χ1v) is 7.62. The molecule has 0 bridgehead atoms. The molecule has 2 rings (SSSR count). The first-order chi connectivity index (χ1) is 10.9. The van der Waals surface area contributed by atoms with Gasteiger partial charge in [0.25, 0.3) is 5.91 Å². The molecule has 7 heteroatoms. The van der Waals surface area contributed by atoms with Gasteiger partial charge in [-0.05, 0) is 31.5 Å². The molecule has 0 spiro atoms. The van der Waals surface area contributed by atoms with Gasteiger partial charge in [-0.15, -0.1) is 0 Å². The van der Waals surface area contributed by atoms with Crippen molar-refractivity contribution in [2.45, 2.75) is 25.8 Å². The van der Waals surface area contributed by atoms with Gasteiger partial charge in [-0.3, -0.25) is 14.5 Å². The molecule has 23 heavy (non-hydrogen) atoms. The number of rotatable bonds is 5. The lowest BCUT2D eigenvalue weighted by Gasteiger charge is -2.37. The molecule has 0 aromatic heterocycles. The Morgan fingerprint density at radius 1 is 1.22 bits per heavy atom. The maximum absolute atomic E-state index is 13.2. The zero-order valence-electron chi connectivity index (χ0n) is 13.0. The summed E-state index contributed by atoms with van der Waals surface area (Å²) in [7, 11) is 0. The van der Waals surface area contributed by atoms with E-state index in [1.807, 2.05) is 11.8 Å². The molecule has 1 N–H and O–H groups in total. The fourth-order valence-electron chi connectivity index (χ4n) is 2.97. The lowest BCUT2D eigenvalue weighted by Crippen LogP contribution is -2.48. The van der Waals surface area contributed by atoms with Crippen molar-refractivity contribution in [2.75, 3.05) is 26.2 Å². The molecule has 0 atom stereocenters. The summed E-state index contributed by atoms with van der Waals surface area (Å²) >= 11 is 0. The Morgan fingerprint density at radius 2 is 1.78 bits per heavy atom. The Bertz CT molecular complexity index is 566. The number of piperidine rings is 1. The summed E-state index contributed by atoms with van der Waals surface area (Å²) in [6.45, 7) is 3.38. The average Bonchev–Trinajstić information content (AvgIpc) is 2.51. The van der Waals surface area contributed by atoms with Crippen LogP contribution in [0.1, 0.15) is 30.1 Å². The van der Waals surface area contributed by atoms with Crippen LogP contribution in [-0.4, -0.2) is 59.0 Å². The van der Waals surface area contributed by atoms with E-state index in [0.717, 1.165) is 18.2 Å². The average molecular weight is 326 g/mol. The highest BCUT2D eigenvalue weighted by Gasteiger charge is 2.28. The third kappa shape index (κ3) is 4.48. The molecule has 1 amide bonds. The van der Waals surface area contributed by atoms with Crippen LogP contribution in [0.4, 0.5) is 8.78 Å². The molecule has 0 unspecified atom stereocenters. The summed E-state index contributed by atoms with van der Waals surface area (Å²) in [6, 6.07) is 2.89. The quantitative estimate of drug-likeness (QED) is 0.899. The normalized spacial score (nSPS) is 15.9. The number of benzene rings is 1. The van der Waals surface area contributed by atoms with Crippen molar-refractivity contribution in [3.63, 3.8) is 0 Å². The van der Waals surface area contributed by atoms with Gasteiger partial charge in [-0.1, -0.05) is 6.92 Å². The van der Waals surface area contributed by atoms with Crippen molar-refractivity contribution in [1.82, 2.24) is 9.80 Å². The van der Waals surface area contributed by atoms with Gasteiger partial charge in [0.05, 0.1) is 6.54 Å². The van der Waals surface area contributed by atoms with Gasteiger partial charge >= 0.3 is 5.97 Å². The van der Waals surface area contributed by atoms with Crippen LogP contribution in [0.2, 0.25) is 0 Å². The summed E-state index contributed by atoms with van der Waals surface area (Å²) in [5.74, 6) is -2.83. The monoisotopic (exact) mass is 326 g/mol. The zero-order valence-corrected chi connectivity index (χ0v) is 13.0. The molecule has 5 nitrogen and oxygen atoms in total. The largest absolute Gasteiger partial charge is 0.480 e. The molecule has 1 aliphatic rings. The molecule has 1 aromatic rings. The first-order valence-electron chi connectivity index (χ1n) is 7.62. The molecule has 1 aromatic carbocycles. The number of carbonyl (C=O) groups excluding carboxylic acids is 1. The van der Waals surface area contributed by atoms with Crippen LogP contribution in [0.5, 0.6) is 0 Å². The zero-order chi connectivity index (χ0) is 17.0. The van der Waals surface area contributed by atoms with E-state index < -0.39 is 23.5 Å². The second kappa shape index (κ2) is 7.50. The summed E-state index contributed by atoms with van der Waals surface area (Å²) < 4.78 is 26.4. The Kier molecular flexibility index (Phi) is 5.65. The van der Waals surface area contributed by atoms with Gasteiger partial charge in [0, 0.05) is 30.8 Å². The van der Waals surface area contributed by atoms with E-state index in [-0.39, 0.29) is 18.2 Å². The summed E-state index contributed by atoms with van der Waals surface area (Å²) in [5, 5.41) is 8.91. The predicted molar refractivity (Wildman–Crippen MR) is 80.2 cm³/mol. The number of halogens is 2. The third-order valence-electron chi connectivity index (χ3n) is 4.12. The number of carbonyl (C=O) groups is 2. The van der Waals surface area contributed by atoms with Crippen LogP contribution >= 0.6 is 0 Å². The SMILES string of the molecule is CCN(CC(=O)O)C1CCN(C(=O)c2cc(F)cc(F)c2)CC1. The lowest BCUT2D eigenvalue weighted by atomic mass is 10.0. The van der Waals surface area contributed by atoms with E-state index in [1.165, 1.54) is 0 Å². The van der Waals surface area contributed by atoms with Gasteiger partial charge in [0.2, 0.25) is 0 Å². The number of likely N-dealkylation sites (tertiary alicyclic amines) is 1. The Morgan fingerprint density at radius 3 is 2.26 bits per heavy atom. The van der Waals surface area contributed by atoms with E-state index in [1.54, 1.807) is 4.90 Å². The number of aliphatic carboxylic acids is 1. The van der Waals surface area contributed by atoms with Crippen molar-refractivity contribution in [3.05, 3.63) is 35.4 Å². The standard InChI is InChI=1S/C16H20F2N2O3/c1-2-19(10-15(21)22)14-3-5-20(6-4-14)16(23)11-7-12(17)9-13(18)8-11/h7-9,14H,2-6,10H2,1H3,(H,21,22). The summed E-state index contributed by atoms with van der Waals surface area (Å²) in [6.07, 6.45) is 1.29. The molecule has 126 valence electrons. The van der Waals surface area contributed by atoms with Gasteiger partial charge in [0.15, 0.2) is 0 Å². The molecule has 1 aliphatic heterocycles. The van der Waals surface area contributed by atoms with Crippen LogP contribution in [0, 0.1) is 11.6 Å². The molecule has 1 fully saturated rings. The van der Waals surface area contributed by atoms with Crippen LogP contribution in [0.3, 0.4) is 0 Å². The van der Waals surface area contributed by atoms with Gasteiger partial charge in [-0.25, -0.2) is 8.78 Å². The number of likely N-dealkylation sites (N-methyl/N-ethyl adjacent to an activating group) is 1. The maximum Gasteiger partial charge on any atom is 0.317 e. The Labute approximate surface area is 133 Å². The van der Waals surface area contributed by atoms with Crippen LogP contribution in [0.15, 0.2) is 18.2 Å². The predicted octanol–water partition coefficient (Wildman–Crippen LogP) is 1.98. The molecule has 0 radical (unpaired) electrons. The van der Waals surface area contributed by atoms with Crippen LogP contribution < -0.4 is 0 Å². The summed E-state index contributed by atoms with van der Waals surface area (Å²) in [4.78, 5) is 26.6. The second-order valence-electron chi connectivity index (χ2n) is 5.64. The molecule has 0 aliphatic carbocycles. The fraction of sp³-hybridized carbons (Fsp3) is 0.500. The second-order valence-corrected chi connectivity index (χ2v) is 5.64. The Hall–Kier alpha value is -2.02. The number of amides is 1. The molecule has 0 saturated carbocycles. The number of hydrogen-bond acceptors (Lipinski definition) is 3. The number of carboxylic acid groups (broad SMARTS) is 1. The van der Waals surface area contributed by atoms with Crippen molar-refractivity contribution >= 4 is 11.9 Å². The van der Waals surface area contributed by atoms with Gasteiger partial charge in [0.1, 0.15) is 11.6 Å². The van der Waals surface area contributed by atoms with Gasteiger partial charge < -0.3 is 10.0 Å². The highest BCUT2D eigenvalue weighted by molar-refractivity contribution is 5.94. The van der Waals surface area contributed by atoms with E-state index in [2.05, 4.69) is 0 Å². The minimum absolute atomic E-state index is 0.00108. The fourth-order valence-corrected chi connectivity index (χ4v) is 2.97. The van der Waals surface area contributed by atoms with E-state index in [0.29, 0.717) is 32.5 Å². The maximum atomic E-state index is 13.2. The summed E-state index contributed by atoms with van der Waals surface area (Å²) in [5.41, 5.74) is -0.00108. The number of hydrogen-bond donors (Lipinski definition) is 1. The van der Waals surface area contributed by atoms with E-state index >= 15 is 0 Å². The number of carboxylic acids is 1. The highest BCUT2D eigenvalue weighted by atomic mass is 19.1. The first kappa shape index (κ1) is 17.3. The smallest absolute Gasteiger partial charge is 0.317 e.